The van der Waals surface area contributed by atoms with Crippen LogP contribution in [0.25, 0.3) is 11.1 Å². The first kappa shape index (κ1) is 16.6. The maximum atomic E-state index is 12.3. The number of anilines is 1. The van der Waals surface area contributed by atoms with Gasteiger partial charge in [-0.1, -0.05) is 18.2 Å². The minimum atomic E-state index is -1.03. The zero-order valence-electron chi connectivity index (χ0n) is 14.1. The lowest BCUT2D eigenvalue weighted by molar-refractivity contribution is -0.150. The molecule has 4 rings (SSSR count). The van der Waals surface area contributed by atoms with Crippen LogP contribution in [-0.4, -0.2) is 35.8 Å². The van der Waals surface area contributed by atoms with E-state index in [0.29, 0.717) is 25.1 Å². The molecule has 0 aromatic heterocycles. The van der Waals surface area contributed by atoms with Crippen LogP contribution in [0.1, 0.15) is 18.4 Å². The number of hydrogen-bond acceptors (Lipinski definition) is 4. The van der Waals surface area contributed by atoms with Crippen LogP contribution in [0.5, 0.6) is 5.75 Å². The van der Waals surface area contributed by atoms with Crippen molar-refractivity contribution in [1.29, 1.82) is 0 Å². The van der Waals surface area contributed by atoms with Crippen molar-refractivity contribution >= 4 is 17.6 Å². The third-order valence-corrected chi connectivity index (χ3v) is 4.74. The largest absolute Gasteiger partial charge is 0.493 e. The lowest BCUT2D eigenvalue weighted by atomic mass is 10.0. The molecule has 2 N–H and O–H groups in total. The summed E-state index contributed by atoms with van der Waals surface area (Å²) in [6.45, 7) is 0.716. The second-order valence-corrected chi connectivity index (χ2v) is 6.52. The average Bonchev–Trinajstić information content (AvgIpc) is 3.31. The van der Waals surface area contributed by atoms with E-state index in [-0.39, 0.29) is 5.91 Å². The second kappa shape index (κ2) is 6.80. The van der Waals surface area contributed by atoms with Crippen LogP contribution >= 0.6 is 0 Å². The van der Waals surface area contributed by atoms with Crippen molar-refractivity contribution < 1.29 is 24.2 Å². The molecule has 2 aliphatic rings. The minimum absolute atomic E-state index is 0.312. The van der Waals surface area contributed by atoms with Gasteiger partial charge in [0.25, 0.3) is 5.91 Å². The molecular formula is C20H19NO5. The van der Waals surface area contributed by atoms with Gasteiger partial charge in [-0.2, -0.15) is 0 Å². The number of benzene rings is 2. The van der Waals surface area contributed by atoms with Gasteiger partial charge >= 0.3 is 5.97 Å². The van der Waals surface area contributed by atoms with Crippen molar-refractivity contribution in [2.24, 2.45) is 0 Å². The number of hydrogen-bond donors (Lipinski definition) is 2. The van der Waals surface area contributed by atoms with Crippen LogP contribution in [0, 0.1) is 0 Å². The fraction of sp³-hybridized carbons (Fsp3) is 0.300. The Morgan fingerprint density at radius 3 is 2.65 bits per heavy atom. The molecule has 0 unspecified atom stereocenters. The Hall–Kier alpha value is -2.86. The van der Waals surface area contributed by atoms with E-state index >= 15 is 0 Å². The fourth-order valence-corrected chi connectivity index (χ4v) is 3.38. The van der Waals surface area contributed by atoms with E-state index in [9.17, 15) is 9.59 Å². The SMILES string of the molecule is O=C(O)[C@@H]1CC[C@H](C(=O)Nc2cccc(-c3ccc4c(c3)CCO4)c2)O1. The van der Waals surface area contributed by atoms with E-state index in [2.05, 4.69) is 11.4 Å². The topological polar surface area (TPSA) is 84.9 Å². The maximum Gasteiger partial charge on any atom is 0.332 e. The number of carboxylic acids is 1. The number of carbonyl (C=O) groups excluding carboxylic acids is 1. The third-order valence-electron chi connectivity index (χ3n) is 4.74. The Morgan fingerprint density at radius 1 is 1.04 bits per heavy atom. The Kier molecular flexibility index (Phi) is 4.34. The molecule has 0 aliphatic carbocycles. The highest BCUT2D eigenvalue weighted by Crippen LogP contribution is 2.31. The van der Waals surface area contributed by atoms with Gasteiger partial charge in [-0.15, -0.1) is 0 Å². The summed E-state index contributed by atoms with van der Waals surface area (Å²) in [6, 6.07) is 13.7. The van der Waals surface area contributed by atoms with Crippen molar-refractivity contribution in [2.45, 2.75) is 31.5 Å². The lowest BCUT2D eigenvalue weighted by Crippen LogP contribution is -2.29. The van der Waals surface area contributed by atoms with Gasteiger partial charge < -0.3 is 19.9 Å². The molecule has 0 radical (unpaired) electrons. The zero-order valence-corrected chi connectivity index (χ0v) is 14.1. The average molecular weight is 353 g/mol. The highest BCUT2D eigenvalue weighted by Gasteiger charge is 2.34. The number of aliphatic carboxylic acids is 1. The fourth-order valence-electron chi connectivity index (χ4n) is 3.38. The molecule has 26 heavy (non-hydrogen) atoms. The number of amides is 1. The van der Waals surface area contributed by atoms with Gasteiger partial charge in [0.15, 0.2) is 6.10 Å². The number of rotatable bonds is 4. The molecule has 2 heterocycles. The number of fused-ring (bicyclic) bond motifs is 1. The molecule has 1 saturated heterocycles. The van der Waals surface area contributed by atoms with Crippen LogP contribution in [-0.2, 0) is 20.7 Å². The summed E-state index contributed by atoms with van der Waals surface area (Å²) < 4.78 is 10.8. The lowest BCUT2D eigenvalue weighted by Gasteiger charge is -2.13. The van der Waals surface area contributed by atoms with Crippen molar-refractivity contribution in [3.05, 3.63) is 48.0 Å². The third kappa shape index (κ3) is 3.28. The van der Waals surface area contributed by atoms with Gasteiger partial charge in [0.1, 0.15) is 11.9 Å². The molecule has 1 fully saturated rings. The monoisotopic (exact) mass is 353 g/mol. The smallest absolute Gasteiger partial charge is 0.332 e. The first-order chi connectivity index (χ1) is 12.6. The van der Waals surface area contributed by atoms with Gasteiger partial charge in [-0.3, -0.25) is 4.79 Å². The van der Waals surface area contributed by atoms with Crippen molar-refractivity contribution in [1.82, 2.24) is 0 Å². The predicted octanol–water partition coefficient (Wildman–Crippen LogP) is 2.86. The standard InChI is InChI=1S/C20H19NO5/c22-19(17-6-7-18(26-17)20(23)24)21-15-3-1-2-12(11-15)13-4-5-16-14(10-13)8-9-25-16/h1-5,10-11,17-18H,6-9H2,(H,21,22)(H,23,24)/t17-,18+/m1/s1. The minimum Gasteiger partial charge on any atom is -0.493 e. The number of carboxylic acid groups (broad SMARTS) is 1. The number of nitrogens with one attached hydrogen (secondary N) is 1. The molecule has 134 valence electrons. The summed E-state index contributed by atoms with van der Waals surface area (Å²) >= 11 is 0. The molecule has 2 aromatic carbocycles. The van der Waals surface area contributed by atoms with E-state index in [1.165, 1.54) is 5.56 Å². The number of carbonyl (C=O) groups is 2. The molecule has 2 aliphatic heterocycles. The summed E-state index contributed by atoms with van der Waals surface area (Å²) in [5.41, 5.74) is 3.91. The normalized spacial score (nSPS) is 21.1. The van der Waals surface area contributed by atoms with E-state index in [0.717, 1.165) is 23.3 Å². The van der Waals surface area contributed by atoms with E-state index in [1.54, 1.807) is 0 Å². The summed E-state index contributed by atoms with van der Waals surface area (Å²) in [5.74, 6) is -0.402. The highest BCUT2D eigenvalue weighted by atomic mass is 16.5. The van der Waals surface area contributed by atoms with Gasteiger partial charge in [0, 0.05) is 12.1 Å². The summed E-state index contributed by atoms with van der Waals surface area (Å²) in [7, 11) is 0. The Balaban J connectivity index is 1.48. The van der Waals surface area contributed by atoms with Gasteiger partial charge in [-0.05, 0) is 53.8 Å². The van der Waals surface area contributed by atoms with Crippen LogP contribution < -0.4 is 10.1 Å². The zero-order chi connectivity index (χ0) is 18.1. The second-order valence-electron chi connectivity index (χ2n) is 6.52. The Labute approximate surface area is 150 Å². The van der Waals surface area contributed by atoms with Crippen molar-refractivity contribution in [2.75, 3.05) is 11.9 Å². The van der Waals surface area contributed by atoms with Crippen molar-refractivity contribution in [3.8, 4) is 16.9 Å². The van der Waals surface area contributed by atoms with Crippen LogP contribution in [0.3, 0.4) is 0 Å². The summed E-state index contributed by atoms with van der Waals surface area (Å²) in [6.07, 6.45) is 0.0454. The van der Waals surface area contributed by atoms with E-state index < -0.39 is 18.2 Å². The molecule has 2 atom stereocenters. The summed E-state index contributed by atoms with van der Waals surface area (Å²) in [5, 5.41) is 11.8. The van der Waals surface area contributed by atoms with Gasteiger partial charge in [0.05, 0.1) is 6.61 Å². The van der Waals surface area contributed by atoms with Gasteiger partial charge in [-0.25, -0.2) is 4.79 Å². The molecule has 0 saturated carbocycles. The van der Waals surface area contributed by atoms with Crippen LogP contribution in [0.4, 0.5) is 5.69 Å². The van der Waals surface area contributed by atoms with Crippen LogP contribution in [0.15, 0.2) is 42.5 Å². The molecule has 1 amide bonds. The maximum absolute atomic E-state index is 12.3. The molecule has 0 bridgehead atoms. The van der Waals surface area contributed by atoms with Crippen LogP contribution in [0.2, 0.25) is 0 Å². The quantitative estimate of drug-likeness (QED) is 0.883. The Morgan fingerprint density at radius 2 is 1.85 bits per heavy atom. The van der Waals surface area contributed by atoms with E-state index in [1.807, 2.05) is 36.4 Å². The first-order valence-electron chi connectivity index (χ1n) is 8.65. The van der Waals surface area contributed by atoms with Gasteiger partial charge in [0.2, 0.25) is 0 Å². The summed E-state index contributed by atoms with van der Waals surface area (Å²) in [4.78, 5) is 23.3. The predicted molar refractivity (Wildman–Crippen MR) is 95.2 cm³/mol. The van der Waals surface area contributed by atoms with E-state index in [4.69, 9.17) is 14.6 Å². The molecule has 0 spiro atoms. The number of ether oxygens (including phenoxy) is 2. The molecule has 6 nitrogen and oxygen atoms in total. The molecular weight excluding hydrogens is 334 g/mol. The first-order valence-corrected chi connectivity index (χ1v) is 8.65. The highest BCUT2D eigenvalue weighted by molar-refractivity contribution is 5.95. The molecule has 6 heteroatoms. The molecule has 2 aromatic rings. The van der Waals surface area contributed by atoms with Crippen molar-refractivity contribution in [3.63, 3.8) is 0 Å². The Bertz CT molecular complexity index is 863.